The van der Waals surface area contributed by atoms with Crippen LogP contribution >= 0.6 is 34.8 Å². The Labute approximate surface area is 119 Å². The number of nitrogens with zero attached hydrogens (tertiary/aromatic N) is 2. The van der Waals surface area contributed by atoms with Gasteiger partial charge in [-0.25, -0.2) is 9.97 Å². The minimum atomic E-state index is -1.11. The van der Waals surface area contributed by atoms with Crippen LogP contribution in [0, 0.1) is 0 Å². The number of rotatable bonds is 3. The van der Waals surface area contributed by atoms with Gasteiger partial charge in [0.05, 0.1) is 0 Å². The van der Waals surface area contributed by atoms with Crippen molar-refractivity contribution in [1.82, 2.24) is 9.97 Å². The molecule has 1 heterocycles. The normalized spacial score (nSPS) is 26.3. The molecule has 1 aromatic heterocycles. The maximum Gasteiger partial charge on any atom is 0.200 e. The molecule has 1 aliphatic rings. The van der Waals surface area contributed by atoms with Gasteiger partial charge in [0.1, 0.15) is 6.33 Å². The number of hydrogen-bond donors (Lipinski definition) is 0. The lowest BCUT2D eigenvalue weighted by molar-refractivity contribution is 0.0224. The fourth-order valence-electron chi connectivity index (χ4n) is 1.44. The van der Waals surface area contributed by atoms with Crippen molar-refractivity contribution < 1.29 is 9.47 Å². The predicted octanol–water partition coefficient (Wildman–Crippen LogP) is 3.24. The molecule has 0 aliphatic heterocycles. The lowest BCUT2D eigenvalue weighted by Crippen LogP contribution is -2.41. The smallest absolute Gasteiger partial charge is 0.200 e. The molecule has 4 nitrogen and oxygen atoms in total. The first-order chi connectivity index (χ1) is 8.57. The first-order valence-corrected chi connectivity index (χ1v) is 6.13. The Kier molecular flexibility index (Phi) is 4.12. The van der Waals surface area contributed by atoms with E-state index in [9.17, 15) is 0 Å². The molecule has 2 unspecified atom stereocenters. The summed E-state index contributed by atoms with van der Waals surface area (Å²) in [7, 11) is 1.48. The summed E-state index contributed by atoms with van der Waals surface area (Å²) >= 11 is 18.1. The van der Waals surface area contributed by atoms with E-state index in [0.29, 0.717) is 0 Å². The van der Waals surface area contributed by atoms with E-state index in [1.54, 1.807) is 24.3 Å². The topological polar surface area (TPSA) is 44.2 Å². The molecule has 0 saturated carbocycles. The van der Waals surface area contributed by atoms with Crippen molar-refractivity contribution in [2.24, 2.45) is 0 Å². The number of allylic oxidation sites excluding steroid dienone is 2. The van der Waals surface area contributed by atoms with E-state index in [0.717, 1.165) is 0 Å². The van der Waals surface area contributed by atoms with Crippen molar-refractivity contribution in [3.63, 3.8) is 0 Å². The van der Waals surface area contributed by atoms with Crippen LogP contribution < -0.4 is 4.74 Å². The first-order valence-electron chi connectivity index (χ1n) is 4.99. The molecule has 0 radical (unpaired) electrons. The van der Waals surface area contributed by atoms with Gasteiger partial charge in [0.2, 0.25) is 5.06 Å². The van der Waals surface area contributed by atoms with Crippen LogP contribution in [-0.2, 0) is 4.74 Å². The second kappa shape index (κ2) is 5.45. The third-order valence-electron chi connectivity index (χ3n) is 2.38. The number of aromatic nitrogens is 2. The molecule has 96 valence electrons. The average molecular weight is 308 g/mol. The Bertz CT molecular complexity index is 487. The minimum Gasteiger partial charge on any atom is -0.475 e. The number of methoxy groups -OCH3 is 1. The SMILES string of the molecule is COC1(Cl)C=CC=CC1Oc1c(Cl)ncnc1Cl. The fourth-order valence-corrected chi connectivity index (χ4v) is 2.03. The lowest BCUT2D eigenvalue weighted by atomic mass is 10.1. The Hall–Kier alpha value is -0.810. The average Bonchev–Trinajstić information content (AvgIpc) is 2.36. The molecule has 0 bridgehead atoms. The summed E-state index contributed by atoms with van der Waals surface area (Å²) in [5, 5.41) is -0.877. The van der Waals surface area contributed by atoms with Crippen molar-refractivity contribution in [3.05, 3.63) is 40.9 Å². The van der Waals surface area contributed by atoms with Crippen LogP contribution in [0.3, 0.4) is 0 Å². The van der Waals surface area contributed by atoms with Crippen LogP contribution in [0.25, 0.3) is 0 Å². The van der Waals surface area contributed by atoms with E-state index in [-0.39, 0.29) is 16.1 Å². The van der Waals surface area contributed by atoms with Gasteiger partial charge < -0.3 is 9.47 Å². The Morgan fingerprint density at radius 2 is 1.89 bits per heavy atom. The second-order valence-corrected chi connectivity index (χ2v) is 4.78. The van der Waals surface area contributed by atoms with Crippen molar-refractivity contribution in [2.75, 3.05) is 7.11 Å². The summed E-state index contributed by atoms with van der Waals surface area (Å²) in [5.74, 6) is 0.174. The van der Waals surface area contributed by atoms with E-state index in [1.165, 1.54) is 13.4 Å². The highest BCUT2D eigenvalue weighted by molar-refractivity contribution is 6.35. The van der Waals surface area contributed by atoms with Crippen LogP contribution in [0.5, 0.6) is 5.75 Å². The molecule has 1 aliphatic carbocycles. The highest BCUT2D eigenvalue weighted by atomic mass is 35.5. The van der Waals surface area contributed by atoms with Crippen LogP contribution in [0.1, 0.15) is 0 Å². The molecule has 0 aromatic carbocycles. The van der Waals surface area contributed by atoms with Gasteiger partial charge in [-0.2, -0.15) is 0 Å². The summed E-state index contributed by atoms with van der Waals surface area (Å²) in [5.41, 5.74) is 0. The molecule has 0 saturated heterocycles. The molecule has 0 amide bonds. The van der Waals surface area contributed by atoms with Gasteiger partial charge in [-0.3, -0.25) is 0 Å². The molecule has 7 heteroatoms. The van der Waals surface area contributed by atoms with Gasteiger partial charge in [-0.15, -0.1) is 0 Å². The predicted molar refractivity (Wildman–Crippen MR) is 70.3 cm³/mol. The number of ether oxygens (including phenoxy) is 2. The molecule has 2 rings (SSSR count). The van der Waals surface area contributed by atoms with Crippen LogP contribution in [0.2, 0.25) is 10.3 Å². The van der Waals surface area contributed by atoms with E-state index in [4.69, 9.17) is 44.3 Å². The van der Waals surface area contributed by atoms with Crippen LogP contribution in [0.15, 0.2) is 30.6 Å². The standard InChI is InChI=1S/C11H9Cl3N2O2/c1-17-11(14)5-3-2-4-7(11)18-8-9(12)15-6-16-10(8)13/h2-7H,1H3. The summed E-state index contributed by atoms with van der Waals surface area (Å²) in [6.07, 6.45) is 7.62. The lowest BCUT2D eigenvalue weighted by Gasteiger charge is -2.31. The van der Waals surface area contributed by atoms with Crippen molar-refractivity contribution in [3.8, 4) is 5.75 Å². The third-order valence-corrected chi connectivity index (χ3v) is 3.42. The monoisotopic (exact) mass is 306 g/mol. The maximum atomic E-state index is 6.27. The van der Waals surface area contributed by atoms with Gasteiger partial charge in [0.25, 0.3) is 0 Å². The molecule has 18 heavy (non-hydrogen) atoms. The van der Waals surface area contributed by atoms with E-state index < -0.39 is 11.2 Å². The van der Waals surface area contributed by atoms with Crippen LogP contribution in [0.4, 0.5) is 0 Å². The Morgan fingerprint density at radius 3 is 2.50 bits per heavy atom. The minimum absolute atomic E-state index is 0.119. The summed E-state index contributed by atoms with van der Waals surface area (Å²) in [6.45, 7) is 0. The largest absolute Gasteiger partial charge is 0.475 e. The summed E-state index contributed by atoms with van der Waals surface area (Å²) in [6, 6.07) is 0. The number of alkyl halides is 1. The second-order valence-electron chi connectivity index (χ2n) is 3.47. The molecule has 0 N–H and O–H groups in total. The van der Waals surface area contributed by atoms with E-state index >= 15 is 0 Å². The first kappa shape index (κ1) is 13.6. The van der Waals surface area contributed by atoms with Gasteiger partial charge >= 0.3 is 0 Å². The zero-order chi connectivity index (χ0) is 13.2. The van der Waals surface area contributed by atoms with Gasteiger partial charge in [-0.1, -0.05) is 47.0 Å². The van der Waals surface area contributed by atoms with Crippen molar-refractivity contribution in [2.45, 2.75) is 11.2 Å². The highest BCUT2D eigenvalue weighted by Gasteiger charge is 2.37. The molecular formula is C11H9Cl3N2O2. The zero-order valence-corrected chi connectivity index (χ0v) is 11.6. The molecular weight excluding hydrogens is 298 g/mol. The Morgan fingerprint density at radius 1 is 1.22 bits per heavy atom. The number of hydrogen-bond acceptors (Lipinski definition) is 4. The molecule has 0 fully saturated rings. The highest BCUT2D eigenvalue weighted by Crippen LogP contribution is 2.35. The molecule has 0 spiro atoms. The Balaban J connectivity index is 2.28. The summed E-state index contributed by atoms with van der Waals surface area (Å²) in [4.78, 5) is 7.60. The summed E-state index contributed by atoms with van der Waals surface area (Å²) < 4.78 is 10.9. The molecule has 2 atom stereocenters. The molecule has 1 aromatic rings. The van der Waals surface area contributed by atoms with Gasteiger partial charge in [0.15, 0.2) is 22.2 Å². The van der Waals surface area contributed by atoms with E-state index in [2.05, 4.69) is 9.97 Å². The number of halogens is 3. The van der Waals surface area contributed by atoms with Crippen molar-refractivity contribution in [1.29, 1.82) is 0 Å². The maximum absolute atomic E-state index is 6.27. The van der Waals surface area contributed by atoms with E-state index in [1.807, 2.05) is 0 Å². The fraction of sp³-hybridized carbons (Fsp3) is 0.273. The quantitative estimate of drug-likeness (QED) is 0.635. The van der Waals surface area contributed by atoms with Crippen molar-refractivity contribution >= 4 is 34.8 Å². The van der Waals surface area contributed by atoms with Gasteiger partial charge in [0, 0.05) is 7.11 Å². The zero-order valence-electron chi connectivity index (χ0n) is 9.31. The van der Waals surface area contributed by atoms with Crippen LogP contribution in [-0.4, -0.2) is 28.2 Å². The van der Waals surface area contributed by atoms with Gasteiger partial charge in [-0.05, 0) is 12.2 Å². The third kappa shape index (κ3) is 2.62.